The first kappa shape index (κ1) is 9.33. The molecule has 1 aromatic heterocycles. The van der Waals surface area contributed by atoms with E-state index in [9.17, 15) is 0 Å². The second-order valence-electron chi connectivity index (χ2n) is 2.96. The van der Waals surface area contributed by atoms with E-state index in [1.54, 1.807) is 0 Å². The Bertz CT molecular complexity index is 258. The van der Waals surface area contributed by atoms with Gasteiger partial charge >= 0.3 is 0 Å². The highest BCUT2D eigenvalue weighted by Crippen LogP contribution is 2.41. The van der Waals surface area contributed by atoms with Gasteiger partial charge in [0, 0.05) is 19.2 Å². The summed E-state index contributed by atoms with van der Waals surface area (Å²) in [4.78, 5) is 4.35. The van der Waals surface area contributed by atoms with Gasteiger partial charge in [-0.25, -0.2) is 0 Å². The molecule has 1 heterocycles. The molecule has 66 valence electrons. The summed E-state index contributed by atoms with van der Waals surface area (Å²) >= 11 is 0. The Labute approximate surface area is 78.8 Å². The maximum absolute atomic E-state index is 4.35. The van der Waals surface area contributed by atoms with Gasteiger partial charge in [0.1, 0.15) is 0 Å². The molecule has 1 fully saturated rings. The fraction of sp³-hybridized carbons (Fsp3) is 0.444. The zero-order valence-electron chi connectivity index (χ0n) is 7.08. The lowest BCUT2D eigenvalue weighted by Gasteiger charge is -2.04. The van der Waals surface area contributed by atoms with E-state index in [1.807, 2.05) is 19.3 Å². The third kappa shape index (κ3) is 1.69. The second-order valence-corrected chi connectivity index (χ2v) is 2.96. The zero-order valence-corrected chi connectivity index (χ0v) is 7.90. The predicted molar refractivity (Wildman–Crippen MR) is 53.0 cm³/mol. The van der Waals surface area contributed by atoms with E-state index in [-0.39, 0.29) is 12.4 Å². The average Bonchev–Trinajstić information content (AvgIpc) is 2.87. The lowest BCUT2D eigenvalue weighted by Crippen LogP contribution is -1.95. The van der Waals surface area contributed by atoms with Gasteiger partial charge in [-0.05, 0) is 25.0 Å². The summed E-state index contributed by atoms with van der Waals surface area (Å²) in [5.41, 5.74) is 2.44. The summed E-state index contributed by atoms with van der Waals surface area (Å²) in [5, 5.41) is 3.15. The van der Waals surface area contributed by atoms with Crippen LogP contribution in [0.5, 0.6) is 0 Å². The Morgan fingerprint density at radius 2 is 2.25 bits per heavy atom. The van der Waals surface area contributed by atoms with Crippen molar-refractivity contribution in [1.82, 2.24) is 4.98 Å². The van der Waals surface area contributed by atoms with Crippen molar-refractivity contribution in [2.45, 2.75) is 18.8 Å². The van der Waals surface area contributed by atoms with Crippen molar-refractivity contribution in [3.63, 3.8) is 0 Å². The first-order valence-electron chi connectivity index (χ1n) is 4.04. The van der Waals surface area contributed by atoms with Crippen LogP contribution < -0.4 is 5.32 Å². The Morgan fingerprint density at radius 3 is 2.83 bits per heavy atom. The quantitative estimate of drug-likeness (QED) is 0.764. The summed E-state index contributed by atoms with van der Waals surface area (Å²) in [6.07, 6.45) is 4.49. The van der Waals surface area contributed by atoms with Crippen LogP contribution in [0, 0.1) is 0 Å². The standard InChI is InChI=1S/C9H12N2.ClH/c1-10-8-3-2-6-11-9(8)7-4-5-7;/h2-3,6-7,10H,4-5H2,1H3;1H. The summed E-state index contributed by atoms with van der Waals surface area (Å²) in [7, 11) is 1.95. The minimum absolute atomic E-state index is 0. The fourth-order valence-corrected chi connectivity index (χ4v) is 1.31. The normalized spacial score (nSPS) is 15.1. The highest BCUT2D eigenvalue weighted by Gasteiger charge is 2.26. The molecule has 0 aromatic carbocycles. The van der Waals surface area contributed by atoms with Crippen LogP contribution in [-0.2, 0) is 0 Å². The number of pyridine rings is 1. The van der Waals surface area contributed by atoms with Crippen molar-refractivity contribution < 1.29 is 0 Å². The van der Waals surface area contributed by atoms with Crippen LogP contribution in [0.2, 0.25) is 0 Å². The summed E-state index contributed by atoms with van der Waals surface area (Å²) in [6.45, 7) is 0. The summed E-state index contributed by atoms with van der Waals surface area (Å²) < 4.78 is 0. The van der Waals surface area contributed by atoms with Crippen LogP contribution in [0.1, 0.15) is 24.5 Å². The number of hydrogen-bond acceptors (Lipinski definition) is 2. The van der Waals surface area contributed by atoms with Crippen molar-refractivity contribution in [3.05, 3.63) is 24.0 Å². The smallest absolute Gasteiger partial charge is 0.0665 e. The van der Waals surface area contributed by atoms with E-state index in [1.165, 1.54) is 24.2 Å². The predicted octanol–water partition coefficient (Wildman–Crippen LogP) is 2.42. The molecule has 0 spiro atoms. The fourth-order valence-electron chi connectivity index (χ4n) is 1.31. The Hall–Kier alpha value is -0.760. The number of nitrogens with zero attached hydrogens (tertiary/aromatic N) is 1. The van der Waals surface area contributed by atoms with Gasteiger partial charge < -0.3 is 5.32 Å². The van der Waals surface area contributed by atoms with E-state index in [0.717, 1.165) is 5.92 Å². The highest BCUT2D eigenvalue weighted by atomic mass is 35.5. The molecule has 12 heavy (non-hydrogen) atoms. The lowest BCUT2D eigenvalue weighted by molar-refractivity contribution is 1.02. The van der Waals surface area contributed by atoms with Gasteiger partial charge in [-0.15, -0.1) is 12.4 Å². The first-order chi connectivity index (χ1) is 5.42. The Morgan fingerprint density at radius 1 is 1.50 bits per heavy atom. The highest BCUT2D eigenvalue weighted by molar-refractivity contribution is 5.85. The maximum atomic E-state index is 4.35. The molecule has 1 aliphatic carbocycles. The topological polar surface area (TPSA) is 24.9 Å². The number of aromatic nitrogens is 1. The van der Waals surface area contributed by atoms with Crippen molar-refractivity contribution in [2.24, 2.45) is 0 Å². The molecule has 1 saturated carbocycles. The number of hydrogen-bond donors (Lipinski definition) is 1. The first-order valence-corrected chi connectivity index (χ1v) is 4.04. The molecule has 0 atom stereocenters. The van der Waals surface area contributed by atoms with Gasteiger partial charge in [-0.2, -0.15) is 0 Å². The van der Waals surface area contributed by atoms with E-state index < -0.39 is 0 Å². The van der Waals surface area contributed by atoms with Crippen molar-refractivity contribution in [2.75, 3.05) is 12.4 Å². The van der Waals surface area contributed by atoms with Gasteiger partial charge in [0.25, 0.3) is 0 Å². The van der Waals surface area contributed by atoms with Crippen LogP contribution in [0.4, 0.5) is 5.69 Å². The van der Waals surface area contributed by atoms with Crippen molar-refractivity contribution in [3.8, 4) is 0 Å². The van der Waals surface area contributed by atoms with Crippen molar-refractivity contribution >= 4 is 18.1 Å². The van der Waals surface area contributed by atoms with Gasteiger partial charge in [-0.3, -0.25) is 4.98 Å². The van der Waals surface area contributed by atoms with Gasteiger partial charge in [0.2, 0.25) is 0 Å². The van der Waals surface area contributed by atoms with E-state index in [0.29, 0.717) is 0 Å². The molecule has 0 bridgehead atoms. The minimum atomic E-state index is 0. The molecule has 0 aliphatic heterocycles. The Kier molecular flexibility index (Phi) is 2.93. The third-order valence-electron chi connectivity index (χ3n) is 2.07. The molecule has 1 aromatic rings. The van der Waals surface area contributed by atoms with Gasteiger partial charge in [0.05, 0.1) is 11.4 Å². The lowest BCUT2D eigenvalue weighted by atomic mass is 10.2. The largest absolute Gasteiger partial charge is 0.387 e. The molecule has 0 amide bonds. The van der Waals surface area contributed by atoms with Crippen molar-refractivity contribution in [1.29, 1.82) is 0 Å². The number of anilines is 1. The van der Waals surface area contributed by atoms with Crippen LogP contribution in [0.15, 0.2) is 18.3 Å². The van der Waals surface area contributed by atoms with E-state index >= 15 is 0 Å². The molecular formula is C9H13ClN2. The van der Waals surface area contributed by atoms with Crippen LogP contribution in [-0.4, -0.2) is 12.0 Å². The van der Waals surface area contributed by atoms with E-state index in [2.05, 4.69) is 16.4 Å². The monoisotopic (exact) mass is 184 g/mol. The molecule has 0 unspecified atom stereocenters. The number of halogens is 1. The molecule has 0 saturated heterocycles. The molecule has 2 rings (SSSR count). The third-order valence-corrected chi connectivity index (χ3v) is 2.07. The molecule has 1 N–H and O–H groups in total. The zero-order chi connectivity index (χ0) is 7.68. The summed E-state index contributed by atoms with van der Waals surface area (Å²) in [6, 6.07) is 4.05. The number of rotatable bonds is 2. The molecule has 2 nitrogen and oxygen atoms in total. The van der Waals surface area contributed by atoms with Gasteiger partial charge in [-0.1, -0.05) is 0 Å². The number of nitrogens with one attached hydrogen (secondary N) is 1. The molecule has 0 radical (unpaired) electrons. The molecular weight excluding hydrogens is 172 g/mol. The average molecular weight is 185 g/mol. The second kappa shape index (κ2) is 3.76. The SMILES string of the molecule is CNc1cccnc1C1CC1.Cl. The van der Waals surface area contributed by atoms with Crippen LogP contribution in [0.3, 0.4) is 0 Å². The minimum Gasteiger partial charge on any atom is -0.387 e. The van der Waals surface area contributed by atoms with Crippen LogP contribution >= 0.6 is 12.4 Å². The molecule has 1 aliphatic rings. The maximum Gasteiger partial charge on any atom is 0.0665 e. The van der Waals surface area contributed by atoms with E-state index in [4.69, 9.17) is 0 Å². The van der Waals surface area contributed by atoms with Crippen LogP contribution in [0.25, 0.3) is 0 Å². The summed E-state index contributed by atoms with van der Waals surface area (Å²) in [5.74, 6) is 0.735. The van der Waals surface area contributed by atoms with Gasteiger partial charge in [0.15, 0.2) is 0 Å². The Balaban J connectivity index is 0.000000720. The molecule has 3 heteroatoms.